The van der Waals surface area contributed by atoms with Gasteiger partial charge >= 0.3 is 0 Å². The van der Waals surface area contributed by atoms with Crippen LogP contribution in [-0.4, -0.2) is 60.4 Å². The van der Waals surface area contributed by atoms with E-state index in [0.717, 1.165) is 44.5 Å². The summed E-state index contributed by atoms with van der Waals surface area (Å²) in [6.07, 6.45) is 3.87. The topological polar surface area (TPSA) is 77.6 Å². The summed E-state index contributed by atoms with van der Waals surface area (Å²) in [5.41, 5.74) is 3.29. The number of amides is 1. The zero-order valence-electron chi connectivity index (χ0n) is 17.1. The molecule has 4 heterocycles. The quantitative estimate of drug-likeness (QED) is 0.697. The van der Waals surface area contributed by atoms with Crippen LogP contribution in [0.1, 0.15) is 30.5 Å². The summed E-state index contributed by atoms with van der Waals surface area (Å²) in [4.78, 5) is 19.8. The Bertz CT molecular complexity index is 910. The number of methoxy groups -OCH3 is 1. The molecule has 1 aromatic heterocycles. The second-order valence-electron chi connectivity index (χ2n) is 9.16. The molecule has 1 amide bonds. The number of nitrogens with zero attached hydrogens (tertiary/aromatic N) is 1. The first-order valence-corrected chi connectivity index (χ1v) is 10.9. The van der Waals surface area contributed by atoms with Gasteiger partial charge < -0.3 is 20.1 Å². The van der Waals surface area contributed by atoms with Crippen molar-refractivity contribution < 1.29 is 14.6 Å². The minimum atomic E-state index is -0.444. The number of para-hydroxylation sites is 1. The van der Waals surface area contributed by atoms with Crippen LogP contribution in [0.2, 0.25) is 0 Å². The number of rotatable bonds is 6. The van der Waals surface area contributed by atoms with E-state index in [2.05, 4.69) is 39.5 Å². The first kappa shape index (κ1) is 19.1. The van der Waals surface area contributed by atoms with E-state index in [1.807, 2.05) is 0 Å². The Labute approximate surface area is 171 Å². The van der Waals surface area contributed by atoms with E-state index in [-0.39, 0.29) is 18.6 Å². The van der Waals surface area contributed by atoms with E-state index in [4.69, 9.17) is 4.74 Å². The lowest BCUT2D eigenvalue weighted by molar-refractivity contribution is -0.155. The summed E-state index contributed by atoms with van der Waals surface area (Å²) in [7, 11) is 1.76. The van der Waals surface area contributed by atoms with Gasteiger partial charge in [-0.3, -0.25) is 9.69 Å². The first-order chi connectivity index (χ1) is 14.2. The molecular weight excluding hydrogens is 366 g/mol. The van der Waals surface area contributed by atoms with Gasteiger partial charge in [0, 0.05) is 62.4 Å². The zero-order valence-corrected chi connectivity index (χ0v) is 17.1. The molecule has 1 aliphatic carbocycles. The SMILES string of the molecule is COCC[C@H]1C[C@@H]2CN3Cc4c([nH]c5ccccc45)C[C@](C(=O)NCCO)(C2)C13. The number of carbonyl (C=O) groups excluding carboxylic acids is 1. The predicted molar refractivity (Wildman–Crippen MR) is 111 cm³/mol. The fourth-order valence-electron chi connectivity index (χ4n) is 6.60. The summed E-state index contributed by atoms with van der Waals surface area (Å²) in [5, 5.41) is 13.6. The number of aliphatic hydroxyl groups excluding tert-OH is 1. The van der Waals surface area contributed by atoms with Crippen molar-refractivity contribution in [3.8, 4) is 0 Å². The number of hydrogen-bond donors (Lipinski definition) is 3. The largest absolute Gasteiger partial charge is 0.395 e. The minimum absolute atomic E-state index is 0.0234. The zero-order chi connectivity index (χ0) is 20.0. The Kier molecular flexibility index (Phi) is 4.88. The molecule has 4 aliphatic rings. The van der Waals surface area contributed by atoms with Crippen LogP contribution in [0.5, 0.6) is 0 Å². The van der Waals surface area contributed by atoms with Gasteiger partial charge in [0.05, 0.1) is 12.0 Å². The van der Waals surface area contributed by atoms with Crippen LogP contribution in [-0.2, 0) is 22.5 Å². The molecule has 3 fully saturated rings. The van der Waals surface area contributed by atoms with Crippen molar-refractivity contribution in [3.05, 3.63) is 35.5 Å². The molecule has 29 heavy (non-hydrogen) atoms. The highest BCUT2D eigenvalue weighted by molar-refractivity contribution is 5.87. The Hall–Kier alpha value is -1.89. The Balaban J connectivity index is 1.60. The summed E-state index contributed by atoms with van der Waals surface area (Å²) >= 11 is 0. The lowest BCUT2D eigenvalue weighted by Crippen LogP contribution is -2.67. The number of nitrogens with one attached hydrogen (secondary N) is 2. The van der Waals surface area contributed by atoms with Gasteiger partial charge in [-0.05, 0) is 42.7 Å². The molecule has 5 atom stereocenters. The fourth-order valence-corrected chi connectivity index (χ4v) is 6.60. The van der Waals surface area contributed by atoms with Gasteiger partial charge in [0.15, 0.2) is 0 Å². The smallest absolute Gasteiger partial charge is 0.228 e. The molecule has 4 bridgehead atoms. The third-order valence-corrected chi connectivity index (χ3v) is 7.49. The number of aromatic nitrogens is 1. The molecular formula is C23H31N3O3. The second kappa shape index (κ2) is 7.42. The van der Waals surface area contributed by atoms with E-state index in [1.165, 1.54) is 23.1 Å². The molecule has 2 aromatic rings. The van der Waals surface area contributed by atoms with Gasteiger partial charge in [-0.2, -0.15) is 0 Å². The first-order valence-electron chi connectivity index (χ1n) is 10.9. The average Bonchev–Trinajstić information content (AvgIpc) is 3.02. The van der Waals surface area contributed by atoms with Gasteiger partial charge in [-0.1, -0.05) is 18.2 Å². The molecule has 3 aliphatic heterocycles. The maximum Gasteiger partial charge on any atom is 0.228 e. The van der Waals surface area contributed by atoms with Crippen LogP contribution >= 0.6 is 0 Å². The average molecular weight is 398 g/mol. The van der Waals surface area contributed by atoms with Crippen LogP contribution in [0.25, 0.3) is 10.9 Å². The van der Waals surface area contributed by atoms with Crippen molar-refractivity contribution in [3.63, 3.8) is 0 Å². The summed E-state index contributed by atoms with van der Waals surface area (Å²) < 4.78 is 5.41. The number of H-pyrrole nitrogens is 1. The molecule has 2 unspecified atom stereocenters. The number of ether oxygens (including phenoxy) is 1. The van der Waals surface area contributed by atoms with Gasteiger partial charge in [0.1, 0.15) is 0 Å². The summed E-state index contributed by atoms with van der Waals surface area (Å²) in [6, 6.07) is 8.70. The highest BCUT2D eigenvalue weighted by Gasteiger charge is 2.60. The van der Waals surface area contributed by atoms with Crippen molar-refractivity contribution in [1.29, 1.82) is 0 Å². The van der Waals surface area contributed by atoms with Crippen LogP contribution in [0, 0.1) is 17.3 Å². The van der Waals surface area contributed by atoms with Crippen molar-refractivity contribution >= 4 is 16.8 Å². The van der Waals surface area contributed by atoms with E-state index >= 15 is 0 Å². The standard InChI is InChI=1S/C23H31N3O3/c1-29-9-6-16-10-15-11-23(22(28)24-7-8-27)12-20-18(14-26(13-15)21(16)23)17-4-2-3-5-19(17)25-20/h2-5,15-16,21,25,27H,6-14H2,1H3,(H,24,28)/t15-,16-,21?,23+/m0/s1. The number of aliphatic hydroxyl groups is 1. The van der Waals surface area contributed by atoms with Crippen LogP contribution < -0.4 is 5.32 Å². The van der Waals surface area contributed by atoms with Gasteiger partial charge in [0.25, 0.3) is 0 Å². The van der Waals surface area contributed by atoms with Gasteiger partial charge in [0.2, 0.25) is 5.91 Å². The van der Waals surface area contributed by atoms with Crippen molar-refractivity contribution in [2.24, 2.45) is 17.3 Å². The number of piperidine rings is 2. The molecule has 6 rings (SSSR count). The third kappa shape index (κ3) is 3.00. The normalized spacial score (nSPS) is 32.8. The highest BCUT2D eigenvalue weighted by atomic mass is 16.5. The molecule has 0 radical (unpaired) electrons. The molecule has 156 valence electrons. The Morgan fingerprint density at radius 2 is 2.28 bits per heavy atom. The number of fused-ring (bicyclic) bond motifs is 4. The molecule has 2 saturated heterocycles. The van der Waals surface area contributed by atoms with Crippen molar-refractivity contribution in [2.45, 2.75) is 38.3 Å². The predicted octanol–water partition coefficient (Wildman–Crippen LogP) is 2.07. The maximum atomic E-state index is 13.6. The number of benzene rings is 1. The maximum absolute atomic E-state index is 13.6. The highest BCUT2D eigenvalue weighted by Crippen LogP contribution is 2.55. The molecule has 1 aromatic carbocycles. The Morgan fingerprint density at radius 1 is 1.41 bits per heavy atom. The molecule has 0 spiro atoms. The summed E-state index contributed by atoms with van der Waals surface area (Å²) in [5.74, 6) is 1.12. The third-order valence-electron chi connectivity index (χ3n) is 7.49. The number of hydrogen-bond acceptors (Lipinski definition) is 4. The van der Waals surface area contributed by atoms with Crippen LogP contribution in [0.4, 0.5) is 0 Å². The number of aromatic amines is 1. The lowest BCUT2D eigenvalue weighted by Gasteiger charge is -2.58. The van der Waals surface area contributed by atoms with E-state index in [0.29, 0.717) is 18.4 Å². The summed E-state index contributed by atoms with van der Waals surface area (Å²) in [6.45, 7) is 3.01. The lowest BCUT2D eigenvalue weighted by atomic mass is 9.56. The molecule has 3 N–H and O–H groups in total. The Morgan fingerprint density at radius 3 is 3.10 bits per heavy atom. The molecule has 1 saturated carbocycles. The van der Waals surface area contributed by atoms with Crippen LogP contribution in [0.3, 0.4) is 0 Å². The van der Waals surface area contributed by atoms with Gasteiger partial charge in [-0.25, -0.2) is 0 Å². The van der Waals surface area contributed by atoms with Gasteiger partial charge in [-0.15, -0.1) is 0 Å². The fraction of sp³-hybridized carbons (Fsp3) is 0.609. The second-order valence-corrected chi connectivity index (χ2v) is 9.16. The van der Waals surface area contributed by atoms with E-state index in [1.54, 1.807) is 7.11 Å². The number of carbonyl (C=O) groups is 1. The van der Waals surface area contributed by atoms with Crippen molar-refractivity contribution in [2.75, 3.05) is 33.4 Å². The molecule has 6 heteroatoms. The van der Waals surface area contributed by atoms with Crippen molar-refractivity contribution in [1.82, 2.24) is 15.2 Å². The monoisotopic (exact) mass is 397 g/mol. The molecule has 6 nitrogen and oxygen atoms in total. The van der Waals surface area contributed by atoms with Crippen LogP contribution in [0.15, 0.2) is 24.3 Å². The van der Waals surface area contributed by atoms with E-state index < -0.39 is 5.41 Å². The minimum Gasteiger partial charge on any atom is -0.395 e. The van der Waals surface area contributed by atoms with E-state index in [9.17, 15) is 9.90 Å².